The molecule has 8 heteroatoms. The number of aliphatic hydroxyl groups is 5. The molecule has 10 unspecified atom stereocenters. The van der Waals surface area contributed by atoms with Gasteiger partial charge in [-0.25, -0.2) is 0 Å². The molecule has 0 aliphatic heterocycles. The fourth-order valence-corrected chi connectivity index (χ4v) is 8.63. The predicted molar refractivity (Wildman–Crippen MR) is 136 cm³/mol. The summed E-state index contributed by atoms with van der Waals surface area (Å²) in [6, 6.07) is 0. The van der Waals surface area contributed by atoms with Crippen LogP contribution in [0.15, 0.2) is 11.6 Å². The molecule has 10 atom stereocenters. The summed E-state index contributed by atoms with van der Waals surface area (Å²) in [5, 5.41) is 55.7. The zero-order valence-electron chi connectivity index (χ0n) is 23.2. The maximum atomic E-state index is 13.4. The highest BCUT2D eigenvalue weighted by atomic mass is 16.6. The predicted octanol–water partition coefficient (Wildman–Crippen LogP) is 2.42. The standard InChI is InChI=1S/C29H46O8/c1-16(30)37-22-15-26(4)17-7-11-27(5)23(28(6,35)24(33)9-10-25(2,3)34)8-12-29(27,36)18(17)13-20(31)19(26)14-21(22)32/h13,17,19,21-24,32-36H,7-12,14-15H2,1-6H3. The zero-order chi connectivity index (χ0) is 27.8. The molecule has 5 N–H and O–H groups in total. The van der Waals surface area contributed by atoms with Crippen molar-refractivity contribution in [3.63, 3.8) is 0 Å². The van der Waals surface area contributed by atoms with E-state index in [1.54, 1.807) is 26.8 Å². The van der Waals surface area contributed by atoms with Gasteiger partial charge in [-0.05, 0) is 101 Å². The molecule has 0 aromatic carbocycles. The monoisotopic (exact) mass is 522 g/mol. The third kappa shape index (κ3) is 4.50. The maximum Gasteiger partial charge on any atom is 0.302 e. The molecule has 37 heavy (non-hydrogen) atoms. The van der Waals surface area contributed by atoms with Crippen LogP contribution in [0.3, 0.4) is 0 Å². The molecule has 3 saturated carbocycles. The van der Waals surface area contributed by atoms with Gasteiger partial charge in [-0.3, -0.25) is 9.59 Å². The molecular weight excluding hydrogens is 476 g/mol. The zero-order valence-corrected chi connectivity index (χ0v) is 23.2. The molecule has 0 spiro atoms. The largest absolute Gasteiger partial charge is 0.460 e. The Morgan fingerprint density at radius 3 is 2.41 bits per heavy atom. The van der Waals surface area contributed by atoms with E-state index in [2.05, 4.69) is 0 Å². The number of esters is 1. The molecule has 0 amide bonds. The van der Waals surface area contributed by atoms with Crippen LogP contribution < -0.4 is 0 Å². The molecule has 0 bridgehead atoms. The van der Waals surface area contributed by atoms with Gasteiger partial charge in [-0.1, -0.05) is 13.8 Å². The second kappa shape index (κ2) is 9.12. The lowest BCUT2D eigenvalue weighted by atomic mass is 9.45. The van der Waals surface area contributed by atoms with Crippen molar-refractivity contribution < 1.29 is 39.9 Å². The summed E-state index contributed by atoms with van der Waals surface area (Å²) in [6.45, 7) is 10.3. The molecule has 8 nitrogen and oxygen atoms in total. The van der Waals surface area contributed by atoms with Gasteiger partial charge in [-0.15, -0.1) is 0 Å². The third-order valence-corrected chi connectivity index (χ3v) is 10.8. The number of hydrogen-bond donors (Lipinski definition) is 5. The molecule has 3 fully saturated rings. The second-order valence-corrected chi connectivity index (χ2v) is 13.8. The van der Waals surface area contributed by atoms with Gasteiger partial charge in [0.25, 0.3) is 0 Å². The summed E-state index contributed by atoms with van der Waals surface area (Å²) in [6.07, 6.45) is 2.17. The Labute approximate surface area is 220 Å². The van der Waals surface area contributed by atoms with E-state index in [9.17, 15) is 35.1 Å². The number of carbonyl (C=O) groups excluding carboxylic acids is 2. The number of fused-ring (bicyclic) bond motifs is 5. The van der Waals surface area contributed by atoms with Gasteiger partial charge in [0.05, 0.1) is 29.0 Å². The van der Waals surface area contributed by atoms with E-state index in [4.69, 9.17) is 4.74 Å². The van der Waals surface area contributed by atoms with Gasteiger partial charge in [0.15, 0.2) is 5.78 Å². The Bertz CT molecular complexity index is 965. The quantitative estimate of drug-likeness (QED) is 0.335. The Balaban J connectivity index is 1.66. The number of ketones is 1. The van der Waals surface area contributed by atoms with Crippen molar-refractivity contribution in [2.45, 2.75) is 128 Å². The van der Waals surface area contributed by atoms with Gasteiger partial charge < -0.3 is 30.3 Å². The van der Waals surface area contributed by atoms with Crippen LogP contribution in [0.1, 0.15) is 92.9 Å². The van der Waals surface area contributed by atoms with Gasteiger partial charge in [0, 0.05) is 18.3 Å². The number of aliphatic hydroxyl groups excluding tert-OH is 2. The van der Waals surface area contributed by atoms with Gasteiger partial charge >= 0.3 is 5.97 Å². The number of ether oxygens (including phenoxy) is 1. The van der Waals surface area contributed by atoms with Crippen molar-refractivity contribution in [2.24, 2.45) is 28.6 Å². The first-order valence-electron chi connectivity index (χ1n) is 13.8. The van der Waals surface area contributed by atoms with Crippen LogP contribution in [0.5, 0.6) is 0 Å². The van der Waals surface area contributed by atoms with Crippen molar-refractivity contribution in [3.05, 3.63) is 11.6 Å². The van der Waals surface area contributed by atoms with E-state index in [0.717, 1.165) is 0 Å². The average Bonchev–Trinajstić information content (AvgIpc) is 3.05. The number of allylic oxidation sites excluding steroid dienone is 1. The summed E-state index contributed by atoms with van der Waals surface area (Å²) in [5.41, 5.74) is -4.43. The first-order chi connectivity index (χ1) is 16.9. The van der Waals surface area contributed by atoms with Crippen LogP contribution >= 0.6 is 0 Å². The van der Waals surface area contributed by atoms with Crippen LogP contribution in [0.2, 0.25) is 0 Å². The van der Waals surface area contributed by atoms with Gasteiger partial charge in [0.2, 0.25) is 0 Å². The van der Waals surface area contributed by atoms with Gasteiger partial charge in [-0.2, -0.15) is 0 Å². The molecule has 0 aromatic heterocycles. The SMILES string of the molecule is CC(=O)OC1CC2(C)C(CC1O)C(=O)C=C1C2CCC2(C)C(C(C)(O)C(O)CCC(C)(C)O)CCC12O. The van der Waals surface area contributed by atoms with E-state index in [1.165, 1.54) is 6.92 Å². The average molecular weight is 523 g/mol. The first kappa shape index (κ1) is 28.7. The normalized spacial score (nSPS) is 44.1. The summed E-state index contributed by atoms with van der Waals surface area (Å²) in [7, 11) is 0. The summed E-state index contributed by atoms with van der Waals surface area (Å²) in [5.74, 6) is -1.54. The fourth-order valence-electron chi connectivity index (χ4n) is 8.63. The Kier molecular flexibility index (Phi) is 7.07. The fraction of sp³-hybridized carbons (Fsp3) is 0.862. The summed E-state index contributed by atoms with van der Waals surface area (Å²) in [4.78, 5) is 25.1. The van der Waals surface area contributed by atoms with Crippen molar-refractivity contribution in [1.29, 1.82) is 0 Å². The molecule has 4 aliphatic carbocycles. The van der Waals surface area contributed by atoms with Crippen molar-refractivity contribution in [3.8, 4) is 0 Å². The Hall–Kier alpha value is -1.32. The van der Waals surface area contributed by atoms with E-state index in [1.807, 2.05) is 13.8 Å². The van der Waals surface area contributed by atoms with E-state index >= 15 is 0 Å². The smallest absolute Gasteiger partial charge is 0.302 e. The molecule has 0 aromatic rings. The molecule has 0 heterocycles. The van der Waals surface area contributed by atoms with Crippen LogP contribution in [0, 0.1) is 28.6 Å². The number of carbonyl (C=O) groups is 2. The molecule has 0 radical (unpaired) electrons. The van der Waals surface area contributed by atoms with Crippen LogP contribution in [-0.2, 0) is 14.3 Å². The maximum absolute atomic E-state index is 13.4. The van der Waals surface area contributed by atoms with E-state index < -0.39 is 63.8 Å². The van der Waals surface area contributed by atoms with Crippen LogP contribution in [0.4, 0.5) is 0 Å². The van der Waals surface area contributed by atoms with Crippen LogP contribution in [-0.4, -0.2) is 72.4 Å². The van der Waals surface area contributed by atoms with Gasteiger partial charge in [0.1, 0.15) is 6.10 Å². The minimum absolute atomic E-state index is 0.118. The molecule has 210 valence electrons. The summed E-state index contributed by atoms with van der Waals surface area (Å²) < 4.78 is 5.44. The summed E-state index contributed by atoms with van der Waals surface area (Å²) >= 11 is 0. The lowest BCUT2D eigenvalue weighted by Crippen LogP contribution is -2.63. The molecular formula is C29H46O8. The molecule has 0 saturated heterocycles. The Morgan fingerprint density at radius 2 is 1.81 bits per heavy atom. The van der Waals surface area contributed by atoms with Crippen LogP contribution in [0.25, 0.3) is 0 Å². The third-order valence-electron chi connectivity index (χ3n) is 10.8. The lowest BCUT2D eigenvalue weighted by molar-refractivity contribution is -0.182. The highest BCUT2D eigenvalue weighted by molar-refractivity contribution is 5.95. The highest BCUT2D eigenvalue weighted by Crippen LogP contribution is 2.68. The van der Waals surface area contributed by atoms with Crippen molar-refractivity contribution in [1.82, 2.24) is 0 Å². The van der Waals surface area contributed by atoms with E-state index in [-0.39, 0.29) is 24.5 Å². The minimum atomic E-state index is -1.49. The highest BCUT2D eigenvalue weighted by Gasteiger charge is 2.69. The topological polar surface area (TPSA) is 145 Å². The lowest BCUT2D eigenvalue weighted by Gasteiger charge is -2.60. The minimum Gasteiger partial charge on any atom is -0.460 e. The first-order valence-corrected chi connectivity index (χ1v) is 13.8. The molecule has 4 rings (SSSR count). The number of rotatable bonds is 6. The molecule has 4 aliphatic rings. The van der Waals surface area contributed by atoms with Crippen molar-refractivity contribution in [2.75, 3.05) is 0 Å². The second-order valence-electron chi connectivity index (χ2n) is 13.8. The number of hydrogen-bond acceptors (Lipinski definition) is 8. The van der Waals surface area contributed by atoms with E-state index in [0.29, 0.717) is 44.1 Å². The Morgan fingerprint density at radius 1 is 1.16 bits per heavy atom. The van der Waals surface area contributed by atoms with Crippen molar-refractivity contribution >= 4 is 11.8 Å².